The number of thioether (sulfide) groups is 1. The fourth-order valence-corrected chi connectivity index (χ4v) is 5.14. The summed E-state index contributed by atoms with van der Waals surface area (Å²) in [7, 11) is 0. The van der Waals surface area contributed by atoms with E-state index in [9.17, 15) is 9.18 Å². The molecule has 3 nitrogen and oxygen atoms in total. The number of para-hydroxylation sites is 1. The Bertz CT molecular complexity index is 1470. The first-order valence-electron chi connectivity index (χ1n) is 10.4. The lowest BCUT2D eigenvalue weighted by atomic mass is 10.1. The van der Waals surface area contributed by atoms with Gasteiger partial charge in [-0.3, -0.25) is 9.69 Å². The third-order valence-electron chi connectivity index (χ3n) is 5.37. The van der Waals surface area contributed by atoms with Crippen molar-refractivity contribution in [3.63, 3.8) is 0 Å². The maximum Gasteiger partial charge on any atom is 0.270 e. The van der Waals surface area contributed by atoms with Crippen molar-refractivity contribution in [1.29, 1.82) is 0 Å². The molecular weight excluding hydrogens is 489 g/mol. The van der Waals surface area contributed by atoms with E-state index in [2.05, 4.69) is 24.3 Å². The van der Waals surface area contributed by atoms with E-state index in [1.165, 1.54) is 40.2 Å². The van der Waals surface area contributed by atoms with Crippen LogP contribution in [-0.2, 0) is 11.4 Å². The predicted molar refractivity (Wildman–Crippen MR) is 142 cm³/mol. The second-order valence-corrected chi connectivity index (χ2v) is 9.71. The van der Waals surface area contributed by atoms with Crippen LogP contribution in [0.15, 0.2) is 89.8 Å². The van der Waals surface area contributed by atoms with Gasteiger partial charge in [0, 0.05) is 5.56 Å². The Morgan fingerprint density at radius 2 is 1.74 bits per heavy atom. The maximum absolute atomic E-state index is 13.6. The summed E-state index contributed by atoms with van der Waals surface area (Å²) in [6.45, 7) is 0.394. The molecule has 0 aliphatic carbocycles. The fraction of sp³-hybridized carbons (Fsp3) is 0.0370. The molecule has 0 spiro atoms. The van der Waals surface area contributed by atoms with Crippen molar-refractivity contribution < 1.29 is 13.9 Å². The molecule has 0 atom stereocenters. The molecule has 0 saturated carbocycles. The van der Waals surface area contributed by atoms with E-state index in [1.54, 1.807) is 6.08 Å². The van der Waals surface area contributed by atoms with E-state index in [1.807, 2.05) is 42.5 Å². The van der Waals surface area contributed by atoms with E-state index in [4.69, 9.17) is 28.6 Å². The standard InChI is InChI=1S/C27H17ClFNO2S2/c28-22-15-21(11-12-23(22)29)30-26(31)25(34-27(30)33)14-20-7-3-4-8-24(20)32-16-17-9-10-18-5-1-2-6-19(18)13-17/h1-15H,16H2/b25-14-. The molecule has 7 heteroatoms. The highest BCUT2D eigenvalue weighted by molar-refractivity contribution is 8.27. The number of carbonyl (C=O) groups excluding carboxylic acids is 1. The van der Waals surface area contributed by atoms with E-state index >= 15 is 0 Å². The molecule has 4 aromatic carbocycles. The topological polar surface area (TPSA) is 29.5 Å². The Labute approximate surface area is 210 Å². The van der Waals surface area contributed by atoms with Gasteiger partial charge in [0.1, 0.15) is 18.2 Å². The quantitative estimate of drug-likeness (QED) is 0.206. The zero-order valence-corrected chi connectivity index (χ0v) is 20.1. The molecule has 0 aromatic heterocycles. The van der Waals surface area contributed by atoms with E-state index < -0.39 is 5.82 Å². The van der Waals surface area contributed by atoms with Crippen LogP contribution in [0.2, 0.25) is 5.02 Å². The average molecular weight is 506 g/mol. The van der Waals surface area contributed by atoms with Crippen LogP contribution >= 0.6 is 35.6 Å². The second kappa shape index (κ2) is 9.58. The van der Waals surface area contributed by atoms with Crippen LogP contribution < -0.4 is 9.64 Å². The van der Waals surface area contributed by atoms with Crippen molar-refractivity contribution in [3.8, 4) is 5.75 Å². The number of halogens is 2. The van der Waals surface area contributed by atoms with Gasteiger partial charge in [-0.25, -0.2) is 4.39 Å². The van der Waals surface area contributed by atoms with Crippen molar-refractivity contribution in [2.45, 2.75) is 6.61 Å². The summed E-state index contributed by atoms with van der Waals surface area (Å²) in [6.07, 6.45) is 1.76. The highest BCUT2D eigenvalue weighted by Gasteiger charge is 2.33. The lowest BCUT2D eigenvalue weighted by molar-refractivity contribution is -0.113. The van der Waals surface area contributed by atoms with Gasteiger partial charge < -0.3 is 4.74 Å². The van der Waals surface area contributed by atoms with Crippen LogP contribution in [-0.4, -0.2) is 10.2 Å². The molecule has 1 heterocycles. The van der Waals surface area contributed by atoms with Gasteiger partial charge in [0.15, 0.2) is 4.32 Å². The van der Waals surface area contributed by atoms with Crippen LogP contribution in [0.4, 0.5) is 10.1 Å². The molecule has 0 radical (unpaired) electrons. The predicted octanol–water partition coefficient (Wildman–Crippen LogP) is 7.62. The van der Waals surface area contributed by atoms with Gasteiger partial charge in [-0.2, -0.15) is 0 Å². The van der Waals surface area contributed by atoms with Crippen LogP contribution in [0.3, 0.4) is 0 Å². The summed E-state index contributed by atoms with van der Waals surface area (Å²) >= 11 is 12.5. The molecule has 0 bridgehead atoms. The lowest BCUT2D eigenvalue weighted by Crippen LogP contribution is -2.27. The van der Waals surface area contributed by atoms with Crippen LogP contribution in [0.25, 0.3) is 16.8 Å². The molecule has 1 fully saturated rings. The fourth-order valence-electron chi connectivity index (χ4n) is 3.68. The van der Waals surface area contributed by atoms with Crippen molar-refractivity contribution in [2.75, 3.05) is 4.90 Å². The number of rotatable bonds is 5. The Morgan fingerprint density at radius 1 is 0.971 bits per heavy atom. The van der Waals surface area contributed by atoms with Crippen molar-refractivity contribution >= 4 is 68.3 Å². The third-order valence-corrected chi connectivity index (χ3v) is 6.96. The number of anilines is 1. The second-order valence-electron chi connectivity index (χ2n) is 7.62. The van der Waals surface area contributed by atoms with Crippen LogP contribution in [0.1, 0.15) is 11.1 Å². The average Bonchev–Trinajstić information content (AvgIpc) is 3.12. The molecule has 1 amide bonds. The highest BCUT2D eigenvalue weighted by atomic mass is 35.5. The minimum absolute atomic E-state index is 0.0667. The lowest BCUT2D eigenvalue weighted by Gasteiger charge is -2.15. The summed E-state index contributed by atoms with van der Waals surface area (Å²) in [5.41, 5.74) is 2.24. The monoisotopic (exact) mass is 505 g/mol. The SMILES string of the molecule is O=C1/C(=C/c2ccccc2OCc2ccc3ccccc3c2)SC(=S)N1c1ccc(F)c(Cl)c1. The molecule has 0 unspecified atom stereocenters. The molecule has 1 aliphatic heterocycles. The molecule has 4 aromatic rings. The van der Waals surface area contributed by atoms with Gasteiger partial charge in [0.2, 0.25) is 0 Å². The van der Waals surface area contributed by atoms with Crippen molar-refractivity contribution in [1.82, 2.24) is 0 Å². The minimum Gasteiger partial charge on any atom is -0.488 e. The number of amides is 1. The van der Waals surface area contributed by atoms with Gasteiger partial charge in [0.25, 0.3) is 5.91 Å². The first-order valence-corrected chi connectivity index (χ1v) is 12.0. The van der Waals surface area contributed by atoms with E-state index in [0.717, 1.165) is 16.5 Å². The first kappa shape index (κ1) is 22.6. The largest absolute Gasteiger partial charge is 0.488 e. The summed E-state index contributed by atoms with van der Waals surface area (Å²) < 4.78 is 20.0. The Hall–Kier alpha value is -3.19. The smallest absolute Gasteiger partial charge is 0.270 e. The van der Waals surface area contributed by atoms with E-state index in [-0.39, 0.29) is 10.9 Å². The zero-order valence-electron chi connectivity index (χ0n) is 17.7. The summed E-state index contributed by atoms with van der Waals surface area (Å²) in [5, 5.41) is 2.26. The highest BCUT2D eigenvalue weighted by Crippen LogP contribution is 2.38. The number of benzene rings is 4. The zero-order chi connectivity index (χ0) is 23.7. The summed E-state index contributed by atoms with van der Waals surface area (Å²) in [6, 6.07) is 26.0. The van der Waals surface area contributed by atoms with Gasteiger partial charge in [0.05, 0.1) is 15.6 Å². The number of hydrogen-bond donors (Lipinski definition) is 0. The maximum atomic E-state index is 13.6. The number of thiocarbonyl (C=S) groups is 1. The summed E-state index contributed by atoms with van der Waals surface area (Å²) in [5.74, 6) is -0.184. The van der Waals surface area contributed by atoms with Gasteiger partial charge in [-0.15, -0.1) is 0 Å². The molecular formula is C27H17ClFNO2S2. The molecule has 34 heavy (non-hydrogen) atoms. The number of hydrogen-bond acceptors (Lipinski definition) is 4. The third kappa shape index (κ3) is 4.57. The van der Waals surface area contributed by atoms with Crippen LogP contribution in [0, 0.1) is 5.82 Å². The van der Waals surface area contributed by atoms with Crippen molar-refractivity contribution in [2.24, 2.45) is 0 Å². The Kier molecular flexibility index (Phi) is 6.37. The number of nitrogens with zero attached hydrogens (tertiary/aromatic N) is 1. The summed E-state index contributed by atoms with van der Waals surface area (Å²) in [4.78, 5) is 14.9. The Balaban J connectivity index is 1.38. The number of carbonyl (C=O) groups is 1. The molecule has 0 N–H and O–H groups in total. The van der Waals surface area contributed by atoms with E-state index in [0.29, 0.717) is 27.3 Å². The van der Waals surface area contributed by atoms with Crippen LogP contribution in [0.5, 0.6) is 5.75 Å². The minimum atomic E-state index is -0.552. The number of ether oxygens (including phenoxy) is 1. The molecule has 168 valence electrons. The Morgan fingerprint density at radius 3 is 2.56 bits per heavy atom. The van der Waals surface area contributed by atoms with Crippen molar-refractivity contribution in [3.05, 3.63) is 112 Å². The molecule has 5 rings (SSSR count). The van der Waals surface area contributed by atoms with Gasteiger partial charge in [-0.05, 0) is 52.7 Å². The van der Waals surface area contributed by atoms with Gasteiger partial charge in [-0.1, -0.05) is 90.2 Å². The molecule has 1 saturated heterocycles. The number of fused-ring (bicyclic) bond motifs is 1. The molecule has 1 aliphatic rings. The van der Waals surface area contributed by atoms with Gasteiger partial charge >= 0.3 is 0 Å². The normalized spacial score (nSPS) is 14.9. The first-order chi connectivity index (χ1) is 16.5.